The van der Waals surface area contributed by atoms with Crippen LogP contribution in [0.25, 0.3) is 0 Å². The zero-order valence-corrected chi connectivity index (χ0v) is 14.8. The van der Waals surface area contributed by atoms with Crippen molar-refractivity contribution in [1.82, 2.24) is 0 Å². The molecule has 0 saturated heterocycles. The number of aliphatic hydroxyl groups excluding tert-OH is 2. The van der Waals surface area contributed by atoms with Gasteiger partial charge < -0.3 is 14.9 Å². The molecule has 0 rings (SSSR count). The Hall–Kier alpha value is -0.870. The molecule has 0 fully saturated rings. The molecule has 0 aliphatic carbocycles. The van der Waals surface area contributed by atoms with E-state index in [4.69, 9.17) is 14.9 Å². The van der Waals surface area contributed by atoms with Crippen molar-refractivity contribution in [1.29, 1.82) is 0 Å². The van der Waals surface area contributed by atoms with Gasteiger partial charge in [0, 0.05) is 6.08 Å². The second-order valence-corrected chi connectivity index (χ2v) is 6.19. The van der Waals surface area contributed by atoms with E-state index in [-0.39, 0.29) is 6.61 Å². The highest BCUT2D eigenvalue weighted by Crippen LogP contribution is 2.12. The van der Waals surface area contributed by atoms with Crippen LogP contribution in [0.4, 0.5) is 0 Å². The van der Waals surface area contributed by atoms with Crippen LogP contribution in [0.1, 0.15) is 84.0 Å². The summed E-state index contributed by atoms with van der Waals surface area (Å²) in [5.74, 6) is -0.458. The van der Waals surface area contributed by atoms with E-state index >= 15 is 0 Å². The summed E-state index contributed by atoms with van der Waals surface area (Å²) in [5.41, 5.74) is 0. The zero-order chi connectivity index (χ0) is 17.2. The number of carbonyl (C=O) groups excluding carboxylic acids is 1. The molecule has 0 aromatic carbocycles. The van der Waals surface area contributed by atoms with Crippen LogP contribution in [0.15, 0.2) is 12.2 Å². The molecular formula is C19H36O4. The Morgan fingerprint density at radius 1 is 0.957 bits per heavy atom. The molecule has 0 aromatic rings. The smallest absolute Gasteiger partial charge is 0.330 e. The normalized spacial score (nSPS) is 12.7. The van der Waals surface area contributed by atoms with Crippen LogP contribution in [0.3, 0.4) is 0 Å². The lowest BCUT2D eigenvalue weighted by Gasteiger charge is -2.06. The lowest BCUT2D eigenvalue weighted by Crippen LogP contribution is -2.21. The molecule has 0 saturated carbocycles. The third kappa shape index (κ3) is 17.3. The Morgan fingerprint density at radius 2 is 1.48 bits per heavy atom. The molecule has 4 nitrogen and oxygen atoms in total. The number of aliphatic hydroxyl groups is 2. The second-order valence-electron chi connectivity index (χ2n) is 6.19. The van der Waals surface area contributed by atoms with Gasteiger partial charge in [0.25, 0.3) is 0 Å². The van der Waals surface area contributed by atoms with Gasteiger partial charge in [-0.2, -0.15) is 0 Å². The van der Waals surface area contributed by atoms with Gasteiger partial charge in [-0.15, -0.1) is 0 Å². The lowest BCUT2D eigenvalue weighted by atomic mass is 10.1. The number of ether oxygens (including phenoxy) is 1. The predicted molar refractivity (Wildman–Crippen MR) is 94.3 cm³/mol. The monoisotopic (exact) mass is 328 g/mol. The fraction of sp³-hybridized carbons (Fsp3) is 0.842. The van der Waals surface area contributed by atoms with Crippen molar-refractivity contribution in [2.75, 3.05) is 13.2 Å². The van der Waals surface area contributed by atoms with Crippen LogP contribution in [-0.2, 0) is 9.53 Å². The minimum Gasteiger partial charge on any atom is -0.460 e. The molecule has 0 aromatic heterocycles. The summed E-state index contributed by atoms with van der Waals surface area (Å²) < 4.78 is 4.77. The van der Waals surface area contributed by atoms with Crippen molar-refractivity contribution < 1.29 is 19.7 Å². The topological polar surface area (TPSA) is 66.8 Å². The molecule has 23 heavy (non-hydrogen) atoms. The number of hydrogen-bond acceptors (Lipinski definition) is 4. The molecule has 0 heterocycles. The quantitative estimate of drug-likeness (QED) is 0.254. The number of carbonyl (C=O) groups is 1. The van der Waals surface area contributed by atoms with E-state index in [1.165, 1.54) is 70.3 Å². The molecule has 0 spiro atoms. The van der Waals surface area contributed by atoms with E-state index in [0.29, 0.717) is 0 Å². The van der Waals surface area contributed by atoms with Crippen LogP contribution >= 0.6 is 0 Å². The maximum absolute atomic E-state index is 11.3. The summed E-state index contributed by atoms with van der Waals surface area (Å²) in [4.78, 5) is 11.3. The van der Waals surface area contributed by atoms with Gasteiger partial charge in [0.05, 0.1) is 6.61 Å². The van der Waals surface area contributed by atoms with Gasteiger partial charge >= 0.3 is 5.97 Å². The van der Waals surface area contributed by atoms with E-state index in [0.717, 1.165) is 12.8 Å². The molecular weight excluding hydrogens is 292 g/mol. The van der Waals surface area contributed by atoms with E-state index in [2.05, 4.69) is 6.92 Å². The van der Waals surface area contributed by atoms with Crippen molar-refractivity contribution in [2.45, 2.75) is 90.1 Å². The Balaban J connectivity index is 3.26. The minimum absolute atomic E-state index is 0.155. The van der Waals surface area contributed by atoms with E-state index in [1.54, 1.807) is 0 Å². The van der Waals surface area contributed by atoms with Gasteiger partial charge in [0.15, 0.2) is 0 Å². The van der Waals surface area contributed by atoms with Crippen LogP contribution in [0.2, 0.25) is 0 Å². The van der Waals surface area contributed by atoms with E-state index in [9.17, 15) is 4.79 Å². The molecule has 0 aliphatic rings. The first-order valence-electron chi connectivity index (χ1n) is 9.33. The zero-order valence-electron chi connectivity index (χ0n) is 14.8. The standard InChI is InChI=1S/C19H36O4/c1-2-3-4-5-6-7-8-9-10-11-12-13-14-15-19(22)23-17-18(21)16-20/h14-15,18,20-21H,2-13,16-17H2,1H3/b15-14+. The average Bonchev–Trinajstić information content (AvgIpc) is 2.56. The maximum Gasteiger partial charge on any atom is 0.330 e. The molecule has 1 atom stereocenters. The molecule has 0 radical (unpaired) electrons. The van der Waals surface area contributed by atoms with Crippen molar-refractivity contribution in [2.24, 2.45) is 0 Å². The number of esters is 1. The summed E-state index contributed by atoms with van der Waals surface area (Å²) >= 11 is 0. The number of hydrogen-bond donors (Lipinski definition) is 2. The number of unbranched alkanes of at least 4 members (excludes halogenated alkanes) is 11. The van der Waals surface area contributed by atoms with Gasteiger partial charge in [0.1, 0.15) is 12.7 Å². The predicted octanol–water partition coefficient (Wildman–Crippen LogP) is 4.14. The molecule has 0 bridgehead atoms. The summed E-state index contributed by atoms with van der Waals surface area (Å²) in [6.07, 6.45) is 17.6. The highest BCUT2D eigenvalue weighted by atomic mass is 16.5. The first-order chi connectivity index (χ1) is 11.2. The van der Waals surface area contributed by atoms with Crippen molar-refractivity contribution in [3.8, 4) is 0 Å². The van der Waals surface area contributed by atoms with Gasteiger partial charge in [0.2, 0.25) is 0 Å². The summed E-state index contributed by atoms with van der Waals surface area (Å²) in [5, 5.41) is 17.6. The highest BCUT2D eigenvalue weighted by molar-refractivity contribution is 5.81. The summed E-state index contributed by atoms with van der Waals surface area (Å²) in [7, 11) is 0. The lowest BCUT2D eigenvalue weighted by molar-refractivity contribution is -0.141. The Kier molecular flexibility index (Phi) is 16.8. The maximum atomic E-state index is 11.3. The SMILES string of the molecule is CCCCCCCCCCCCC/C=C/C(=O)OCC(O)CO. The first kappa shape index (κ1) is 22.1. The number of allylic oxidation sites excluding steroid dienone is 1. The minimum atomic E-state index is -0.987. The molecule has 2 N–H and O–H groups in total. The molecule has 4 heteroatoms. The van der Waals surface area contributed by atoms with Crippen LogP contribution in [0.5, 0.6) is 0 Å². The molecule has 0 aliphatic heterocycles. The third-order valence-electron chi connectivity index (χ3n) is 3.86. The molecule has 0 amide bonds. The summed E-state index contributed by atoms with van der Waals surface area (Å²) in [6, 6.07) is 0. The van der Waals surface area contributed by atoms with Gasteiger partial charge in [-0.1, -0.05) is 77.2 Å². The third-order valence-corrected chi connectivity index (χ3v) is 3.86. The molecule has 1 unspecified atom stereocenters. The van der Waals surface area contributed by atoms with Crippen molar-refractivity contribution in [3.05, 3.63) is 12.2 Å². The van der Waals surface area contributed by atoms with Gasteiger partial charge in [-0.3, -0.25) is 0 Å². The van der Waals surface area contributed by atoms with Crippen molar-refractivity contribution >= 4 is 5.97 Å². The molecule has 136 valence electrons. The van der Waals surface area contributed by atoms with Gasteiger partial charge in [-0.05, 0) is 12.8 Å². The average molecular weight is 328 g/mol. The van der Waals surface area contributed by atoms with Crippen LogP contribution in [-0.4, -0.2) is 35.5 Å². The Bertz CT molecular complexity index is 289. The van der Waals surface area contributed by atoms with Gasteiger partial charge in [-0.25, -0.2) is 4.79 Å². The fourth-order valence-corrected chi connectivity index (χ4v) is 2.39. The highest BCUT2D eigenvalue weighted by Gasteiger charge is 2.04. The van der Waals surface area contributed by atoms with E-state index in [1.807, 2.05) is 6.08 Å². The van der Waals surface area contributed by atoms with Crippen LogP contribution < -0.4 is 0 Å². The Morgan fingerprint density at radius 3 is 2.00 bits per heavy atom. The Labute approximate surface area is 141 Å². The summed E-state index contributed by atoms with van der Waals surface area (Å²) in [6.45, 7) is 1.70. The van der Waals surface area contributed by atoms with E-state index < -0.39 is 18.7 Å². The van der Waals surface area contributed by atoms with Crippen LogP contribution in [0, 0.1) is 0 Å². The fourth-order valence-electron chi connectivity index (χ4n) is 2.39. The van der Waals surface area contributed by atoms with Crippen molar-refractivity contribution in [3.63, 3.8) is 0 Å². The first-order valence-corrected chi connectivity index (χ1v) is 9.33. The second kappa shape index (κ2) is 17.5. The largest absolute Gasteiger partial charge is 0.460 e. The number of rotatable bonds is 16.